The van der Waals surface area contributed by atoms with E-state index in [1.807, 2.05) is 29.2 Å². The third-order valence-corrected chi connectivity index (χ3v) is 5.62. The molecule has 1 unspecified atom stereocenters. The summed E-state index contributed by atoms with van der Waals surface area (Å²) in [6.45, 7) is 1.49. The van der Waals surface area contributed by atoms with Gasteiger partial charge in [0.15, 0.2) is 0 Å². The van der Waals surface area contributed by atoms with Gasteiger partial charge in [0.2, 0.25) is 0 Å². The van der Waals surface area contributed by atoms with Gasteiger partial charge < -0.3 is 20.4 Å². The van der Waals surface area contributed by atoms with E-state index in [1.54, 1.807) is 0 Å². The van der Waals surface area contributed by atoms with Crippen LogP contribution in [0.25, 0.3) is 0 Å². The van der Waals surface area contributed by atoms with Crippen LogP contribution in [-0.4, -0.2) is 52.7 Å². The van der Waals surface area contributed by atoms with Crippen LogP contribution in [0.2, 0.25) is 0 Å². The van der Waals surface area contributed by atoms with E-state index in [2.05, 4.69) is 5.32 Å². The number of aliphatic carboxylic acids is 1. The fourth-order valence-corrected chi connectivity index (χ4v) is 4.04. The first-order valence-corrected chi connectivity index (χ1v) is 9.56. The number of amides is 1. The first kappa shape index (κ1) is 18.7. The third kappa shape index (κ3) is 4.55. The predicted octanol–water partition coefficient (Wildman–Crippen LogP) is 2.59. The van der Waals surface area contributed by atoms with E-state index in [1.165, 1.54) is 0 Å². The van der Waals surface area contributed by atoms with Gasteiger partial charge in [0.25, 0.3) is 5.91 Å². The Kier molecular flexibility index (Phi) is 6.14. The van der Waals surface area contributed by atoms with Crippen molar-refractivity contribution < 1.29 is 19.8 Å². The number of carboxylic acid groups (broad SMARTS) is 1. The van der Waals surface area contributed by atoms with Crippen molar-refractivity contribution in [1.29, 1.82) is 0 Å². The minimum Gasteiger partial charge on any atom is -0.481 e. The summed E-state index contributed by atoms with van der Waals surface area (Å²) in [6, 6.07) is 7.80. The van der Waals surface area contributed by atoms with Crippen molar-refractivity contribution in [2.75, 3.05) is 25.0 Å². The Balaban J connectivity index is 1.59. The SMILES string of the molecule is O=C(O)C1CCC(Nc2cccc(C(=O)N3CCCC(CO)C3)c2)CC1. The molecule has 2 fully saturated rings. The van der Waals surface area contributed by atoms with Crippen LogP contribution in [-0.2, 0) is 4.79 Å². The van der Waals surface area contributed by atoms with Crippen molar-refractivity contribution in [3.63, 3.8) is 0 Å². The number of aliphatic hydroxyl groups is 1. The number of nitrogens with zero attached hydrogens (tertiary/aromatic N) is 1. The number of benzene rings is 1. The van der Waals surface area contributed by atoms with Gasteiger partial charge in [-0.15, -0.1) is 0 Å². The van der Waals surface area contributed by atoms with Gasteiger partial charge in [-0.3, -0.25) is 9.59 Å². The lowest BCUT2D eigenvalue weighted by atomic mass is 9.86. The van der Waals surface area contributed by atoms with E-state index in [-0.39, 0.29) is 30.4 Å². The van der Waals surface area contributed by atoms with Gasteiger partial charge in [-0.1, -0.05) is 6.07 Å². The van der Waals surface area contributed by atoms with Gasteiger partial charge >= 0.3 is 5.97 Å². The van der Waals surface area contributed by atoms with E-state index < -0.39 is 5.97 Å². The van der Waals surface area contributed by atoms with Gasteiger partial charge in [-0.25, -0.2) is 0 Å². The number of nitrogens with one attached hydrogen (secondary N) is 1. The topological polar surface area (TPSA) is 89.9 Å². The molecule has 3 rings (SSSR count). The zero-order valence-electron chi connectivity index (χ0n) is 15.1. The molecule has 6 heteroatoms. The maximum absolute atomic E-state index is 12.8. The van der Waals surface area contributed by atoms with Crippen LogP contribution in [0.3, 0.4) is 0 Å². The van der Waals surface area contributed by atoms with Crippen LogP contribution in [0, 0.1) is 11.8 Å². The lowest BCUT2D eigenvalue weighted by molar-refractivity contribution is -0.142. The molecule has 1 aliphatic carbocycles. The smallest absolute Gasteiger partial charge is 0.306 e. The normalized spacial score (nSPS) is 26.3. The van der Waals surface area contributed by atoms with Crippen LogP contribution in [0.4, 0.5) is 5.69 Å². The van der Waals surface area contributed by atoms with Crippen LogP contribution < -0.4 is 5.32 Å². The molecule has 1 saturated heterocycles. The van der Waals surface area contributed by atoms with Crippen molar-refractivity contribution in [2.45, 2.75) is 44.6 Å². The van der Waals surface area contributed by atoms with Gasteiger partial charge in [-0.05, 0) is 62.6 Å². The Hall–Kier alpha value is -2.08. The number of anilines is 1. The summed E-state index contributed by atoms with van der Waals surface area (Å²) in [4.78, 5) is 25.7. The molecule has 0 bridgehead atoms. The molecule has 0 spiro atoms. The lowest BCUT2D eigenvalue weighted by Crippen LogP contribution is -2.41. The van der Waals surface area contributed by atoms with Crippen molar-refractivity contribution in [2.24, 2.45) is 11.8 Å². The number of piperidine rings is 1. The third-order valence-electron chi connectivity index (χ3n) is 5.62. The minimum absolute atomic E-state index is 0.0152. The summed E-state index contributed by atoms with van der Waals surface area (Å²) < 4.78 is 0. The summed E-state index contributed by atoms with van der Waals surface area (Å²) in [5.41, 5.74) is 1.57. The molecule has 6 nitrogen and oxygen atoms in total. The molecule has 3 N–H and O–H groups in total. The maximum Gasteiger partial charge on any atom is 0.306 e. The molecule has 1 aromatic rings. The number of aliphatic hydroxyl groups excluding tert-OH is 1. The second kappa shape index (κ2) is 8.54. The fourth-order valence-electron chi connectivity index (χ4n) is 4.04. The molecule has 0 aromatic heterocycles. The minimum atomic E-state index is -0.696. The van der Waals surface area contributed by atoms with Gasteiger partial charge in [0.1, 0.15) is 0 Å². The summed E-state index contributed by atoms with van der Waals surface area (Å²) in [6.07, 6.45) is 4.96. The molecule has 1 aliphatic heterocycles. The molecule has 2 aliphatic rings. The highest BCUT2D eigenvalue weighted by atomic mass is 16.4. The highest BCUT2D eigenvalue weighted by Crippen LogP contribution is 2.27. The summed E-state index contributed by atoms with van der Waals surface area (Å²) in [5.74, 6) is -0.724. The highest BCUT2D eigenvalue weighted by Gasteiger charge is 2.26. The number of hydrogen-bond donors (Lipinski definition) is 3. The van der Waals surface area contributed by atoms with Gasteiger partial charge in [-0.2, -0.15) is 0 Å². The second-order valence-electron chi connectivity index (χ2n) is 7.55. The van der Waals surface area contributed by atoms with E-state index in [0.717, 1.165) is 37.9 Å². The highest BCUT2D eigenvalue weighted by molar-refractivity contribution is 5.95. The number of carbonyl (C=O) groups is 2. The maximum atomic E-state index is 12.8. The Morgan fingerprint density at radius 2 is 1.92 bits per heavy atom. The monoisotopic (exact) mass is 360 g/mol. The molecule has 26 heavy (non-hydrogen) atoms. The molecular weight excluding hydrogens is 332 g/mol. The van der Waals surface area contributed by atoms with E-state index in [0.29, 0.717) is 24.9 Å². The lowest BCUT2D eigenvalue weighted by Gasteiger charge is -2.32. The number of rotatable bonds is 5. The van der Waals surface area contributed by atoms with E-state index >= 15 is 0 Å². The zero-order valence-corrected chi connectivity index (χ0v) is 15.1. The number of carboxylic acids is 1. The molecular formula is C20H28N2O4. The van der Waals surface area contributed by atoms with Crippen LogP contribution in [0.1, 0.15) is 48.9 Å². The van der Waals surface area contributed by atoms with Crippen LogP contribution in [0.15, 0.2) is 24.3 Å². The number of carbonyl (C=O) groups excluding carboxylic acids is 1. The standard InChI is InChI=1S/C20H28N2O4/c23-13-14-3-2-10-22(12-14)19(24)16-4-1-5-18(11-16)21-17-8-6-15(7-9-17)20(25)26/h1,4-5,11,14-15,17,21,23H,2-3,6-10,12-13H2,(H,25,26). The average molecular weight is 360 g/mol. The molecule has 142 valence electrons. The number of hydrogen-bond acceptors (Lipinski definition) is 4. The van der Waals surface area contributed by atoms with Gasteiger partial charge in [0, 0.05) is 37.0 Å². The van der Waals surface area contributed by atoms with Crippen molar-refractivity contribution in [3.8, 4) is 0 Å². The van der Waals surface area contributed by atoms with E-state index in [4.69, 9.17) is 5.11 Å². The van der Waals surface area contributed by atoms with Crippen LogP contribution in [0.5, 0.6) is 0 Å². The van der Waals surface area contributed by atoms with Crippen LogP contribution >= 0.6 is 0 Å². The Morgan fingerprint density at radius 3 is 2.62 bits per heavy atom. The van der Waals surface area contributed by atoms with Crippen molar-refractivity contribution in [3.05, 3.63) is 29.8 Å². The first-order chi connectivity index (χ1) is 12.6. The summed E-state index contributed by atoms with van der Waals surface area (Å²) in [7, 11) is 0. The number of likely N-dealkylation sites (tertiary alicyclic amines) is 1. The molecule has 1 aromatic carbocycles. The fraction of sp³-hybridized carbons (Fsp3) is 0.600. The zero-order chi connectivity index (χ0) is 18.5. The largest absolute Gasteiger partial charge is 0.481 e. The average Bonchev–Trinajstić information content (AvgIpc) is 2.68. The molecule has 0 radical (unpaired) electrons. The van der Waals surface area contributed by atoms with E-state index in [9.17, 15) is 14.7 Å². The second-order valence-corrected chi connectivity index (χ2v) is 7.55. The Morgan fingerprint density at radius 1 is 1.15 bits per heavy atom. The van der Waals surface area contributed by atoms with Gasteiger partial charge in [0.05, 0.1) is 5.92 Å². The first-order valence-electron chi connectivity index (χ1n) is 9.56. The molecule has 1 atom stereocenters. The van der Waals surface area contributed by atoms with Crippen molar-refractivity contribution >= 4 is 17.6 Å². The molecule has 1 heterocycles. The molecule has 1 saturated carbocycles. The molecule has 1 amide bonds. The summed E-state index contributed by atoms with van der Waals surface area (Å²) >= 11 is 0. The van der Waals surface area contributed by atoms with Crippen molar-refractivity contribution in [1.82, 2.24) is 4.90 Å². The predicted molar refractivity (Wildman–Crippen MR) is 99.2 cm³/mol. The summed E-state index contributed by atoms with van der Waals surface area (Å²) in [5, 5.41) is 21.9. The Bertz CT molecular complexity index is 640. The quantitative estimate of drug-likeness (QED) is 0.751. The Labute approximate surface area is 154 Å².